The van der Waals surface area contributed by atoms with Crippen molar-refractivity contribution in [1.29, 1.82) is 0 Å². The molecule has 1 aliphatic rings. The van der Waals surface area contributed by atoms with Gasteiger partial charge in [0.2, 0.25) is 0 Å². The molecule has 2 aromatic rings. The lowest BCUT2D eigenvalue weighted by molar-refractivity contribution is 0.00668. The maximum absolute atomic E-state index is 10.8. The van der Waals surface area contributed by atoms with Gasteiger partial charge in [0.05, 0.1) is 24.3 Å². The molecule has 2 heterocycles. The zero-order chi connectivity index (χ0) is 14.7. The molecule has 2 atom stereocenters. The minimum atomic E-state index is -0.761. The molecule has 1 aromatic heterocycles. The van der Waals surface area contributed by atoms with Crippen molar-refractivity contribution in [1.82, 2.24) is 10.3 Å². The zero-order valence-electron chi connectivity index (χ0n) is 12.4. The Labute approximate surface area is 125 Å². The van der Waals surface area contributed by atoms with Crippen LogP contribution >= 0.6 is 0 Å². The number of hydrogen-bond acceptors (Lipinski definition) is 4. The van der Waals surface area contributed by atoms with Gasteiger partial charge in [-0.15, -0.1) is 0 Å². The van der Waals surface area contributed by atoms with Gasteiger partial charge in [-0.05, 0) is 31.0 Å². The Morgan fingerprint density at radius 2 is 2.24 bits per heavy atom. The molecule has 21 heavy (non-hydrogen) atoms. The number of pyridine rings is 1. The fourth-order valence-corrected chi connectivity index (χ4v) is 3.07. The van der Waals surface area contributed by atoms with Gasteiger partial charge in [0.1, 0.15) is 0 Å². The van der Waals surface area contributed by atoms with E-state index in [-0.39, 0.29) is 6.04 Å². The number of aromatic nitrogens is 1. The molecule has 112 valence electrons. The molecule has 1 aliphatic heterocycles. The van der Waals surface area contributed by atoms with Gasteiger partial charge in [0.15, 0.2) is 0 Å². The lowest BCUT2D eigenvalue weighted by atomic mass is 9.88. The summed E-state index contributed by atoms with van der Waals surface area (Å²) in [5, 5.41) is 15.3. The predicted molar refractivity (Wildman–Crippen MR) is 83.3 cm³/mol. The van der Waals surface area contributed by atoms with E-state index >= 15 is 0 Å². The van der Waals surface area contributed by atoms with Crippen LogP contribution in [0.4, 0.5) is 0 Å². The van der Waals surface area contributed by atoms with Crippen LogP contribution in [0.5, 0.6) is 0 Å². The van der Waals surface area contributed by atoms with E-state index < -0.39 is 5.60 Å². The largest absolute Gasteiger partial charge is 0.390 e. The predicted octanol–water partition coefficient (Wildman–Crippen LogP) is 1.91. The molecule has 0 amide bonds. The summed E-state index contributed by atoms with van der Waals surface area (Å²) in [5.41, 5.74) is 1.36. The van der Waals surface area contributed by atoms with Gasteiger partial charge >= 0.3 is 0 Å². The van der Waals surface area contributed by atoms with Crippen LogP contribution in [-0.4, -0.2) is 41.5 Å². The van der Waals surface area contributed by atoms with Crippen molar-refractivity contribution >= 4 is 10.9 Å². The molecule has 2 unspecified atom stereocenters. The smallest absolute Gasteiger partial charge is 0.0704 e. The Hall–Kier alpha value is -1.49. The van der Waals surface area contributed by atoms with E-state index in [0.29, 0.717) is 19.4 Å². The van der Waals surface area contributed by atoms with Gasteiger partial charge in [-0.2, -0.15) is 0 Å². The van der Waals surface area contributed by atoms with Crippen molar-refractivity contribution in [2.45, 2.75) is 31.4 Å². The summed E-state index contributed by atoms with van der Waals surface area (Å²) in [6.07, 6.45) is 3.12. The molecule has 3 rings (SSSR count). The van der Waals surface area contributed by atoms with Crippen LogP contribution in [0.1, 0.15) is 18.9 Å². The maximum Gasteiger partial charge on any atom is 0.0704 e. The van der Waals surface area contributed by atoms with E-state index in [9.17, 15) is 5.11 Å². The van der Waals surface area contributed by atoms with Crippen molar-refractivity contribution in [2.24, 2.45) is 0 Å². The number of fused-ring (bicyclic) bond motifs is 1. The van der Waals surface area contributed by atoms with Gasteiger partial charge in [-0.3, -0.25) is 4.98 Å². The quantitative estimate of drug-likeness (QED) is 0.901. The van der Waals surface area contributed by atoms with Crippen LogP contribution in [0.25, 0.3) is 10.9 Å². The Morgan fingerprint density at radius 1 is 1.38 bits per heavy atom. The molecule has 2 N–H and O–H groups in total. The van der Waals surface area contributed by atoms with Gasteiger partial charge in [-0.1, -0.05) is 18.2 Å². The second-order valence-electron chi connectivity index (χ2n) is 6.09. The summed E-state index contributed by atoms with van der Waals surface area (Å²) in [6, 6.07) is 10.3. The summed E-state index contributed by atoms with van der Waals surface area (Å²) < 4.78 is 5.46. The van der Waals surface area contributed by atoms with Gasteiger partial charge in [-0.25, -0.2) is 0 Å². The van der Waals surface area contributed by atoms with Crippen LogP contribution < -0.4 is 5.32 Å². The van der Waals surface area contributed by atoms with Gasteiger partial charge in [0, 0.05) is 30.6 Å². The van der Waals surface area contributed by atoms with Crippen LogP contribution in [-0.2, 0) is 11.2 Å². The average Bonchev–Trinajstić information content (AvgIpc) is 2.48. The average molecular weight is 286 g/mol. The second kappa shape index (κ2) is 6.10. The highest BCUT2D eigenvalue weighted by Crippen LogP contribution is 2.24. The Morgan fingerprint density at radius 3 is 3.05 bits per heavy atom. The molecule has 4 heteroatoms. The topological polar surface area (TPSA) is 54.4 Å². The molecule has 0 aliphatic carbocycles. The van der Waals surface area contributed by atoms with Crippen molar-refractivity contribution in [2.75, 3.05) is 19.8 Å². The van der Waals surface area contributed by atoms with Gasteiger partial charge in [0.25, 0.3) is 0 Å². The Balaban J connectivity index is 1.76. The fourth-order valence-electron chi connectivity index (χ4n) is 3.07. The molecule has 1 aromatic carbocycles. The number of para-hydroxylation sites is 1. The molecule has 0 radical (unpaired) electrons. The van der Waals surface area contributed by atoms with Crippen LogP contribution in [0.3, 0.4) is 0 Å². The van der Waals surface area contributed by atoms with E-state index in [1.54, 1.807) is 0 Å². The van der Waals surface area contributed by atoms with Crippen molar-refractivity contribution < 1.29 is 9.84 Å². The number of morpholine rings is 1. The SMILES string of the molecule is CC(O)(Cc1ccnc2ccccc12)CC1COCCN1. The van der Waals surface area contributed by atoms with E-state index in [1.807, 2.05) is 37.4 Å². The Kier molecular flexibility index (Phi) is 4.19. The summed E-state index contributed by atoms with van der Waals surface area (Å²) in [4.78, 5) is 4.37. The van der Waals surface area contributed by atoms with Crippen LogP contribution in [0.15, 0.2) is 36.5 Å². The zero-order valence-corrected chi connectivity index (χ0v) is 12.4. The van der Waals surface area contributed by atoms with Crippen LogP contribution in [0.2, 0.25) is 0 Å². The molecular formula is C17H22N2O2. The Bertz CT molecular complexity index is 601. The number of aliphatic hydroxyl groups is 1. The highest BCUT2D eigenvalue weighted by molar-refractivity contribution is 5.81. The molecule has 0 bridgehead atoms. The number of hydrogen-bond donors (Lipinski definition) is 2. The lowest BCUT2D eigenvalue weighted by Crippen LogP contribution is -2.46. The fraction of sp³-hybridized carbons (Fsp3) is 0.471. The molecule has 1 saturated heterocycles. The van der Waals surface area contributed by atoms with Crippen LogP contribution in [0, 0.1) is 0 Å². The monoisotopic (exact) mass is 286 g/mol. The van der Waals surface area contributed by atoms with E-state index in [4.69, 9.17) is 4.74 Å². The van der Waals surface area contributed by atoms with Crippen molar-refractivity contribution in [3.05, 3.63) is 42.1 Å². The van der Waals surface area contributed by atoms with Gasteiger partial charge < -0.3 is 15.2 Å². The highest BCUT2D eigenvalue weighted by atomic mass is 16.5. The normalized spacial score (nSPS) is 22.1. The molecule has 1 fully saturated rings. The summed E-state index contributed by atoms with van der Waals surface area (Å²) in [5.74, 6) is 0. The first kappa shape index (κ1) is 14.4. The third kappa shape index (κ3) is 3.59. The maximum atomic E-state index is 10.8. The molecule has 0 spiro atoms. The number of nitrogens with one attached hydrogen (secondary N) is 1. The second-order valence-corrected chi connectivity index (χ2v) is 6.09. The highest BCUT2D eigenvalue weighted by Gasteiger charge is 2.27. The minimum Gasteiger partial charge on any atom is -0.390 e. The first-order valence-electron chi connectivity index (χ1n) is 7.50. The first-order valence-corrected chi connectivity index (χ1v) is 7.50. The van der Waals surface area contributed by atoms with Crippen molar-refractivity contribution in [3.63, 3.8) is 0 Å². The summed E-state index contributed by atoms with van der Waals surface area (Å²) in [6.45, 7) is 4.19. The summed E-state index contributed by atoms with van der Waals surface area (Å²) in [7, 11) is 0. The number of benzene rings is 1. The third-order valence-corrected chi connectivity index (χ3v) is 4.00. The number of ether oxygens (including phenoxy) is 1. The van der Waals surface area contributed by atoms with E-state index in [1.165, 1.54) is 0 Å². The molecule has 0 saturated carbocycles. The standard InChI is InChI=1S/C17H22N2O2/c1-17(20,11-14-12-21-9-8-18-14)10-13-6-7-19-16-5-3-2-4-15(13)16/h2-7,14,18,20H,8-12H2,1H3. The van der Waals surface area contributed by atoms with Crippen molar-refractivity contribution in [3.8, 4) is 0 Å². The summed E-state index contributed by atoms with van der Waals surface area (Å²) >= 11 is 0. The minimum absolute atomic E-state index is 0.224. The number of nitrogens with zero attached hydrogens (tertiary/aromatic N) is 1. The molecular weight excluding hydrogens is 264 g/mol. The number of rotatable bonds is 4. The third-order valence-electron chi connectivity index (χ3n) is 4.00. The lowest BCUT2D eigenvalue weighted by Gasteiger charge is -2.31. The van der Waals surface area contributed by atoms with E-state index in [2.05, 4.69) is 16.4 Å². The van der Waals surface area contributed by atoms with E-state index in [0.717, 1.165) is 29.6 Å². The first-order chi connectivity index (χ1) is 10.1. The molecule has 4 nitrogen and oxygen atoms in total.